The average molecular weight is 632 g/mol. The molecule has 2 aliphatic rings. The fourth-order valence-electron chi connectivity index (χ4n) is 5.31. The number of amides is 2. The standard InChI is InChI=1S/C29H36F3N9O4/c1-19-17-40(9-8-38(19)2)25-5-4-20(14-23(25)35-27(43)21-16-34-26(42)15-22(21)29(30,31)32)41-18-24(36-37-41)28(44)33-6-3-7-39-10-12-45-13-11-39/h4-5,14-16,18-19H,3,6-13,17H2,1-2H3,(H,33,44)(H,34,42)(H,35,43). The third-order valence-corrected chi connectivity index (χ3v) is 8.03. The SMILES string of the molecule is CC1CN(c2ccc(-n3cc(C(=O)NCCCN4CCOCC4)nn3)cc2NC(=O)c2c[nH]c(=O)cc2C(F)(F)F)CCN1C. The van der Waals surface area contributed by atoms with Crippen LogP contribution in [0, 0.1) is 0 Å². The van der Waals surface area contributed by atoms with E-state index in [0.717, 1.165) is 38.8 Å². The maximum Gasteiger partial charge on any atom is 0.417 e. The van der Waals surface area contributed by atoms with Crippen LogP contribution in [-0.4, -0.2) is 114 Å². The van der Waals surface area contributed by atoms with Gasteiger partial charge in [0.2, 0.25) is 5.56 Å². The summed E-state index contributed by atoms with van der Waals surface area (Å²) >= 11 is 0. The molecule has 3 aromatic rings. The van der Waals surface area contributed by atoms with Gasteiger partial charge in [-0.3, -0.25) is 19.3 Å². The third-order valence-electron chi connectivity index (χ3n) is 8.03. The highest BCUT2D eigenvalue weighted by atomic mass is 19.4. The van der Waals surface area contributed by atoms with Gasteiger partial charge in [0.1, 0.15) is 0 Å². The van der Waals surface area contributed by atoms with Crippen LogP contribution in [0.15, 0.2) is 41.5 Å². The summed E-state index contributed by atoms with van der Waals surface area (Å²) in [6, 6.07) is 5.58. The monoisotopic (exact) mass is 631 g/mol. The lowest BCUT2D eigenvalue weighted by Crippen LogP contribution is -2.50. The number of aromatic amines is 1. The van der Waals surface area contributed by atoms with Crippen molar-refractivity contribution in [3.63, 3.8) is 0 Å². The fraction of sp³-hybridized carbons (Fsp3) is 0.483. The predicted molar refractivity (Wildman–Crippen MR) is 160 cm³/mol. The van der Waals surface area contributed by atoms with Crippen LogP contribution in [0.4, 0.5) is 24.5 Å². The Bertz CT molecular complexity index is 1570. The lowest BCUT2D eigenvalue weighted by Gasteiger charge is -2.39. The predicted octanol–water partition coefficient (Wildman–Crippen LogP) is 1.82. The number of carbonyl (C=O) groups excluding carboxylic acids is 2. The van der Waals surface area contributed by atoms with Gasteiger partial charge in [-0.2, -0.15) is 13.2 Å². The van der Waals surface area contributed by atoms with Crippen LogP contribution >= 0.6 is 0 Å². The highest BCUT2D eigenvalue weighted by molar-refractivity contribution is 6.07. The Kier molecular flexibility index (Phi) is 9.84. The number of nitrogens with zero attached hydrogens (tertiary/aromatic N) is 6. The first kappa shape index (κ1) is 32.1. The van der Waals surface area contributed by atoms with Gasteiger partial charge in [-0.05, 0) is 45.1 Å². The summed E-state index contributed by atoms with van der Waals surface area (Å²) in [5.74, 6) is -1.44. The number of aromatic nitrogens is 4. The smallest absolute Gasteiger partial charge is 0.379 e. The van der Waals surface area contributed by atoms with Crippen LogP contribution in [-0.2, 0) is 10.9 Å². The number of alkyl halides is 3. The van der Waals surface area contributed by atoms with Crippen molar-refractivity contribution < 1.29 is 27.5 Å². The molecule has 3 N–H and O–H groups in total. The van der Waals surface area contributed by atoms with Gasteiger partial charge in [0.25, 0.3) is 11.8 Å². The molecule has 242 valence electrons. The maximum absolute atomic E-state index is 13.7. The average Bonchev–Trinajstić information content (AvgIpc) is 3.51. The van der Waals surface area contributed by atoms with Crippen molar-refractivity contribution in [1.82, 2.24) is 35.1 Å². The molecule has 2 saturated heterocycles. The van der Waals surface area contributed by atoms with Gasteiger partial charge in [0, 0.05) is 57.6 Å². The van der Waals surface area contributed by atoms with E-state index in [0.29, 0.717) is 50.3 Å². The second kappa shape index (κ2) is 13.8. The largest absolute Gasteiger partial charge is 0.417 e. The molecule has 2 fully saturated rings. The Hall–Kier alpha value is -4.28. The molecule has 2 aromatic heterocycles. The molecule has 16 heteroatoms. The Morgan fingerprint density at radius 3 is 2.62 bits per heavy atom. The number of benzene rings is 1. The van der Waals surface area contributed by atoms with Gasteiger partial charge in [0.15, 0.2) is 5.69 Å². The number of likely N-dealkylation sites (N-methyl/N-ethyl adjacent to an activating group) is 1. The molecule has 0 radical (unpaired) electrons. The summed E-state index contributed by atoms with van der Waals surface area (Å²) in [5, 5.41) is 13.5. The van der Waals surface area contributed by atoms with E-state index >= 15 is 0 Å². The fourth-order valence-corrected chi connectivity index (χ4v) is 5.31. The first-order valence-corrected chi connectivity index (χ1v) is 14.7. The van der Waals surface area contributed by atoms with E-state index in [2.05, 4.69) is 42.7 Å². The number of carbonyl (C=O) groups is 2. The van der Waals surface area contributed by atoms with E-state index in [1.54, 1.807) is 18.2 Å². The molecule has 0 spiro atoms. The highest BCUT2D eigenvalue weighted by Crippen LogP contribution is 2.33. The zero-order valence-corrected chi connectivity index (χ0v) is 25.1. The van der Waals surface area contributed by atoms with Gasteiger partial charge in [-0.25, -0.2) is 4.68 Å². The summed E-state index contributed by atoms with van der Waals surface area (Å²) in [6.07, 6.45) is -1.95. The number of halogens is 3. The van der Waals surface area contributed by atoms with Crippen LogP contribution < -0.4 is 21.1 Å². The number of pyridine rings is 1. The number of nitrogens with one attached hydrogen (secondary N) is 3. The van der Waals surface area contributed by atoms with Crippen molar-refractivity contribution in [3.05, 3.63) is 63.8 Å². The first-order chi connectivity index (χ1) is 21.5. The molecule has 0 aliphatic carbocycles. The molecule has 1 aromatic carbocycles. The zero-order valence-electron chi connectivity index (χ0n) is 25.1. The van der Waals surface area contributed by atoms with Crippen LogP contribution in [0.2, 0.25) is 0 Å². The number of anilines is 2. The quantitative estimate of drug-likeness (QED) is 0.302. The summed E-state index contributed by atoms with van der Waals surface area (Å²) in [4.78, 5) is 46.3. The Morgan fingerprint density at radius 2 is 1.89 bits per heavy atom. The molecule has 2 amide bonds. The van der Waals surface area contributed by atoms with Crippen molar-refractivity contribution in [2.24, 2.45) is 0 Å². The molecule has 0 bridgehead atoms. The molecule has 4 heterocycles. The number of H-pyrrole nitrogens is 1. The van der Waals surface area contributed by atoms with Gasteiger partial charge in [-0.15, -0.1) is 5.10 Å². The number of morpholine rings is 1. The molecule has 0 saturated carbocycles. The molecule has 5 rings (SSSR count). The van der Waals surface area contributed by atoms with E-state index in [4.69, 9.17) is 4.74 Å². The minimum absolute atomic E-state index is 0.0898. The number of piperazine rings is 1. The lowest BCUT2D eigenvalue weighted by atomic mass is 10.1. The van der Waals surface area contributed by atoms with Crippen molar-refractivity contribution in [2.75, 3.05) is 76.3 Å². The molecular weight excluding hydrogens is 595 g/mol. The molecule has 45 heavy (non-hydrogen) atoms. The third kappa shape index (κ3) is 7.87. The summed E-state index contributed by atoms with van der Waals surface area (Å²) in [5.41, 5.74) is -1.69. The normalized spacial score (nSPS) is 18.2. The number of ether oxygens (including phenoxy) is 1. The van der Waals surface area contributed by atoms with Crippen molar-refractivity contribution in [3.8, 4) is 5.69 Å². The van der Waals surface area contributed by atoms with E-state index in [1.165, 1.54) is 10.9 Å². The zero-order chi connectivity index (χ0) is 32.1. The number of hydrogen-bond acceptors (Lipinski definition) is 9. The summed E-state index contributed by atoms with van der Waals surface area (Å²) in [6.45, 7) is 8.48. The van der Waals surface area contributed by atoms with Crippen molar-refractivity contribution in [2.45, 2.75) is 25.6 Å². The second-order valence-corrected chi connectivity index (χ2v) is 11.2. The molecule has 2 aliphatic heterocycles. The van der Waals surface area contributed by atoms with E-state index in [1.807, 2.05) is 11.9 Å². The summed E-state index contributed by atoms with van der Waals surface area (Å²) in [7, 11) is 2.01. The van der Waals surface area contributed by atoms with Crippen LogP contribution in [0.5, 0.6) is 0 Å². The van der Waals surface area contributed by atoms with E-state index in [-0.39, 0.29) is 17.4 Å². The van der Waals surface area contributed by atoms with Crippen LogP contribution in [0.1, 0.15) is 39.8 Å². The van der Waals surface area contributed by atoms with Gasteiger partial charge in [-0.1, -0.05) is 5.21 Å². The Balaban J connectivity index is 1.36. The highest BCUT2D eigenvalue weighted by Gasteiger charge is 2.36. The number of rotatable bonds is 9. The van der Waals surface area contributed by atoms with E-state index < -0.39 is 34.7 Å². The lowest BCUT2D eigenvalue weighted by molar-refractivity contribution is -0.138. The topological polar surface area (TPSA) is 141 Å². The molecule has 1 unspecified atom stereocenters. The maximum atomic E-state index is 13.7. The first-order valence-electron chi connectivity index (χ1n) is 14.7. The van der Waals surface area contributed by atoms with Gasteiger partial charge >= 0.3 is 6.18 Å². The van der Waals surface area contributed by atoms with Crippen molar-refractivity contribution >= 4 is 23.2 Å². The molecular formula is C29H36F3N9O4. The van der Waals surface area contributed by atoms with Crippen LogP contribution in [0.3, 0.4) is 0 Å². The number of hydrogen-bond donors (Lipinski definition) is 3. The second-order valence-electron chi connectivity index (χ2n) is 11.2. The molecule has 1 atom stereocenters. The Morgan fingerprint density at radius 1 is 1.11 bits per heavy atom. The minimum atomic E-state index is -4.92. The minimum Gasteiger partial charge on any atom is -0.379 e. The van der Waals surface area contributed by atoms with Crippen molar-refractivity contribution in [1.29, 1.82) is 0 Å². The van der Waals surface area contributed by atoms with Gasteiger partial charge < -0.3 is 30.2 Å². The van der Waals surface area contributed by atoms with E-state index in [9.17, 15) is 27.6 Å². The summed E-state index contributed by atoms with van der Waals surface area (Å²) < 4.78 is 47.8. The Labute approximate surface area is 257 Å². The van der Waals surface area contributed by atoms with Crippen LogP contribution in [0.25, 0.3) is 5.69 Å². The molecule has 13 nitrogen and oxygen atoms in total. The van der Waals surface area contributed by atoms with Gasteiger partial charge in [0.05, 0.1) is 47.6 Å².